The molecular formula is C20H25OSi. The van der Waals surface area contributed by atoms with Gasteiger partial charge in [0, 0.05) is 6.23 Å². The Labute approximate surface area is 136 Å². The first-order valence-electron chi connectivity index (χ1n) is 7.68. The lowest BCUT2D eigenvalue weighted by atomic mass is 10.1. The van der Waals surface area contributed by atoms with Crippen LogP contribution >= 0.6 is 0 Å². The number of hydrogen-bond acceptors (Lipinski definition) is 1. The van der Waals surface area contributed by atoms with Gasteiger partial charge >= 0.3 is 0 Å². The highest BCUT2D eigenvalue weighted by Gasteiger charge is 2.21. The van der Waals surface area contributed by atoms with Gasteiger partial charge in [-0.1, -0.05) is 77.1 Å². The third-order valence-corrected chi connectivity index (χ3v) is 5.95. The van der Waals surface area contributed by atoms with Crippen LogP contribution in [0.5, 0.6) is 0 Å². The van der Waals surface area contributed by atoms with E-state index in [1.807, 2.05) is 0 Å². The molecule has 1 radical (unpaired) electrons. The average molecular weight is 310 g/mol. The number of benzene rings is 2. The van der Waals surface area contributed by atoms with Crippen molar-refractivity contribution in [1.82, 2.24) is 0 Å². The molecule has 0 fully saturated rings. The normalized spacial score (nSPS) is 11.7. The molecule has 2 rings (SSSR count). The molecule has 115 valence electrons. The molecule has 0 N–H and O–H groups in total. The number of hydrogen-bond donors (Lipinski definition) is 0. The second-order valence-electron chi connectivity index (χ2n) is 6.61. The SMILES string of the molecule is C=C(C)c1cccc([Si](COC(C)(C)C)c2ccccc2)c1. The van der Waals surface area contributed by atoms with Gasteiger partial charge in [-0.2, -0.15) is 0 Å². The summed E-state index contributed by atoms with van der Waals surface area (Å²) in [6, 6.07) is 19.5. The van der Waals surface area contributed by atoms with Crippen molar-refractivity contribution >= 4 is 24.7 Å². The molecule has 0 unspecified atom stereocenters. The van der Waals surface area contributed by atoms with Crippen LogP contribution in [0.3, 0.4) is 0 Å². The van der Waals surface area contributed by atoms with E-state index in [1.54, 1.807) is 0 Å². The van der Waals surface area contributed by atoms with E-state index in [9.17, 15) is 0 Å². The first kappa shape index (κ1) is 16.7. The van der Waals surface area contributed by atoms with Gasteiger partial charge in [-0.25, -0.2) is 0 Å². The summed E-state index contributed by atoms with van der Waals surface area (Å²) in [5, 5.41) is 2.76. The molecule has 0 saturated heterocycles. The Hall–Kier alpha value is -1.64. The highest BCUT2D eigenvalue weighted by Crippen LogP contribution is 2.11. The van der Waals surface area contributed by atoms with E-state index in [2.05, 4.69) is 88.9 Å². The summed E-state index contributed by atoms with van der Waals surface area (Å²) in [6.07, 6.45) is 0.776. The van der Waals surface area contributed by atoms with Crippen molar-refractivity contribution in [3.8, 4) is 0 Å². The van der Waals surface area contributed by atoms with Crippen molar-refractivity contribution in [2.24, 2.45) is 0 Å². The predicted molar refractivity (Wildman–Crippen MR) is 98.3 cm³/mol. The van der Waals surface area contributed by atoms with Gasteiger partial charge in [0.15, 0.2) is 8.80 Å². The minimum absolute atomic E-state index is 0.114. The molecule has 2 aromatic carbocycles. The highest BCUT2D eigenvalue weighted by molar-refractivity contribution is 6.85. The van der Waals surface area contributed by atoms with Crippen LogP contribution in [0.1, 0.15) is 33.3 Å². The van der Waals surface area contributed by atoms with Crippen molar-refractivity contribution in [1.29, 1.82) is 0 Å². The highest BCUT2D eigenvalue weighted by atomic mass is 28.3. The molecule has 0 spiro atoms. The summed E-state index contributed by atoms with van der Waals surface area (Å²) < 4.78 is 6.12. The molecule has 2 aromatic rings. The van der Waals surface area contributed by atoms with Crippen molar-refractivity contribution in [3.05, 3.63) is 66.7 Å². The van der Waals surface area contributed by atoms with E-state index in [-0.39, 0.29) is 5.60 Å². The zero-order chi connectivity index (χ0) is 16.2. The second kappa shape index (κ2) is 7.08. The summed E-state index contributed by atoms with van der Waals surface area (Å²) in [7, 11) is -0.951. The monoisotopic (exact) mass is 309 g/mol. The molecular weight excluding hydrogens is 284 g/mol. The lowest BCUT2D eigenvalue weighted by Gasteiger charge is -2.24. The summed E-state index contributed by atoms with van der Waals surface area (Å²) in [4.78, 5) is 0. The topological polar surface area (TPSA) is 9.23 Å². The Morgan fingerprint density at radius 3 is 2.23 bits per heavy atom. The molecule has 2 heteroatoms. The van der Waals surface area contributed by atoms with Gasteiger partial charge in [0.25, 0.3) is 0 Å². The van der Waals surface area contributed by atoms with E-state index >= 15 is 0 Å². The van der Waals surface area contributed by atoms with Crippen LogP contribution in [-0.2, 0) is 4.74 Å². The number of rotatable bonds is 5. The van der Waals surface area contributed by atoms with Gasteiger partial charge < -0.3 is 4.74 Å². The predicted octanol–water partition coefficient (Wildman–Crippen LogP) is 3.68. The van der Waals surface area contributed by atoms with Crippen LogP contribution < -0.4 is 10.4 Å². The number of allylic oxidation sites excluding steroid dienone is 1. The van der Waals surface area contributed by atoms with Crippen LogP contribution in [0.2, 0.25) is 0 Å². The maximum absolute atomic E-state index is 6.12. The first-order chi connectivity index (χ1) is 10.4. The Morgan fingerprint density at radius 1 is 1.00 bits per heavy atom. The lowest BCUT2D eigenvalue weighted by molar-refractivity contribution is 0.0243. The number of ether oxygens (including phenoxy) is 1. The van der Waals surface area contributed by atoms with E-state index < -0.39 is 8.80 Å². The van der Waals surface area contributed by atoms with E-state index in [1.165, 1.54) is 15.9 Å². The molecule has 22 heavy (non-hydrogen) atoms. The molecule has 0 saturated carbocycles. The summed E-state index contributed by atoms with van der Waals surface area (Å²) in [5.41, 5.74) is 2.20. The third kappa shape index (κ3) is 4.69. The van der Waals surface area contributed by atoms with Crippen molar-refractivity contribution in [2.75, 3.05) is 6.23 Å². The summed E-state index contributed by atoms with van der Waals surface area (Å²) in [5.74, 6) is 0. The van der Waals surface area contributed by atoms with Crippen LogP contribution in [0.15, 0.2) is 61.2 Å². The quantitative estimate of drug-likeness (QED) is 0.766. The van der Waals surface area contributed by atoms with E-state index in [0.717, 1.165) is 11.8 Å². The summed E-state index contributed by atoms with van der Waals surface area (Å²) >= 11 is 0. The molecule has 0 aromatic heterocycles. The largest absolute Gasteiger partial charge is 0.379 e. The fourth-order valence-electron chi connectivity index (χ4n) is 2.23. The Kier molecular flexibility index (Phi) is 5.38. The molecule has 0 aliphatic carbocycles. The van der Waals surface area contributed by atoms with Gasteiger partial charge in [-0.3, -0.25) is 0 Å². The average Bonchev–Trinajstić information content (AvgIpc) is 2.48. The Balaban J connectivity index is 2.35. The first-order valence-corrected chi connectivity index (χ1v) is 9.39. The minimum atomic E-state index is -0.951. The molecule has 0 aliphatic heterocycles. The zero-order valence-corrected chi connectivity index (χ0v) is 15.0. The lowest BCUT2D eigenvalue weighted by Crippen LogP contribution is -2.48. The molecule has 0 heterocycles. The van der Waals surface area contributed by atoms with Gasteiger partial charge in [0.05, 0.1) is 5.60 Å². The van der Waals surface area contributed by atoms with Gasteiger partial charge in [-0.05, 0) is 33.3 Å². The van der Waals surface area contributed by atoms with Crippen LogP contribution in [0.4, 0.5) is 0 Å². The van der Waals surface area contributed by atoms with E-state index in [4.69, 9.17) is 4.74 Å². The summed E-state index contributed by atoms with van der Waals surface area (Å²) in [6.45, 7) is 12.5. The van der Waals surface area contributed by atoms with Crippen molar-refractivity contribution < 1.29 is 4.74 Å². The molecule has 0 aliphatic rings. The van der Waals surface area contributed by atoms with Crippen LogP contribution in [0.25, 0.3) is 5.57 Å². The Bertz CT molecular complexity index is 626. The molecule has 0 bridgehead atoms. The zero-order valence-electron chi connectivity index (χ0n) is 14.0. The fourth-order valence-corrected chi connectivity index (χ4v) is 4.70. The maximum atomic E-state index is 6.12. The van der Waals surface area contributed by atoms with Gasteiger partial charge in [-0.15, -0.1) is 0 Å². The fraction of sp³-hybridized carbons (Fsp3) is 0.300. The smallest absolute Gasteiger partial charge is 0.150 e. The van der Waals surface area contributed by atoms with Gasteiger partial charge in [0.2, 0.25) is 0 Å². The maximum Gasteiger partial charge on any atom is 0.150 e. The van der Waals surface area contributed by atoms with Crippen molar-refractivity contribution in [2.45, 2.75) is 33.3 Å². The molecule has 0 amide bonds. The minimum Gasteiger partial charge on any atom is -0.379 e. The third-order valence-electron chi connectivity index (χ3n) is 3.48. The van der Waals surface area contributed by atoms with Crippen LogP contribution in [-0.4, -0.2) is 20.6 Å². The Morgan fingerprint density at radius 2 is 1.64 bits per heavy atom. The molecule has 1 nitrogen and oxygen atoms in total. The van der Waals surface area contributed by atoms with Gasteiger partial charge in [0.1, 0.15) is 0 Å². The standard InChI is InChI=1S/C20H25OSi/c1-16(2)17-10-9-13-19(14-17)22(15-21-20(3,4)5)18-11-7-6-8-12-18/h6-14H,1,15H2,2-5H3. The van der Waals surface area contributed by atoms with E-state index in [0.29, 0.717) is 0 Å². The second-order valence-corrected chi connectivity index (χ2v) is 9.01. The van der Waals surface area contributed by atoms with Crippen molar-refractivity contribution in [3.63, 3.8) is 0 Å². The van der Waals surface area contributed by atoms with Crippen LogP contribution in [0, 0.1) is 0 Å². The molecule has 0 atom stereocenters.